The molecule has 0 heterocycles. The zero-order chi connectivity index (χ0) is 13.0. The summed E-state index contributed by atoms with van der Waals surface area (Å²) < 4.78 is 26.2. The zero-order valence-corrected chi connectivity index (χ0v) is 12.5. The Balaban J connectivity index is 4.35. The summed E-state index contributed by atoms with van der Waals surface area (Å²) in [6, 6.07) is -0.174. The first-order valence-electron chi connectivity index (χ1n) is 5.63. The average Bonchev–Trinajstić information content (AvgIpc) is 2.10. The normalized spacial score (nSPS) is 15.4. The molecule has 3 nitrogen and oxygen atoms in total. The van der Waals surface area contributed by atoms with Gasteiger partial charge in [-0.15, -0.1) is 11.6 Å². The molecule has 0 aliphatic heterocycles. The summed E-state index contributed by atoms with van der Waals surface area (Å²) in [6.45, 7) is 10.0. The predicted molar refractivity (Wildman–Crippen MR) is 70.3 cm³/mol. The molecule has 16 heavy (non-hydrogen) atoms. The highest BCUT2D eigenvalue weighted by atomic mass is 35.5. The summed E-state index contributed by atoms with van der Waals surface area (Å²) in [6.07, 6.45) is 0.648. The second-order valence-electron chi connectivity index (χ2n) is 5.75. The number of alkyl halides is 1. The minimum Gasteiger partial charge on any atom is -0.212 e. The summed E-state index contributed by atoms with van der Waals surface area (Å²) in [5.41, 5.74) is 0.0308. The van der Waals surface area contributed by atoms with Crippen LogP contribution in [0.2, 0.25) is 0 Å². The van der Waals surface area contributed by atoms with Gasteiger partial charge in [0.25, 0.3) is 0 Å². The van der Waals surface area contributed by atoms with E-state index in [-0.39, 0.29) is 23.1 Å². The van der Waals surface area contributed by atoms with Crippen molar-refractivity contribution in [1.29, 1.82) is 0 Å². The van der Waals surface area contributed by atoms with Crippen LogP contribution in [0.25, 0.3) is 0 Å². The van der Waals surface area contributed by atoms with Crippen LogP contribution in [-0.4, -0.2) is 26.1 Å². The molecule has 0 aliphatic carbocycles. The van der Waals surface area contributed by atoms with Gasteiger partial charge in [0, 0.05) is 11.9 Å². The van der Waals surface area contributed by atoms with Crippen molar-refractivity contribution in [3.8, 4) is 0 Å². The van der Waals surface area contributed by atoms with Crippen LogP contribution >= 0.6 is 11.6 Å². The molecule has 0 aromatic carbocycles. The van der Waals surface area contributed by atoms with Crippen LogP contribution in [0.5, 0.6) is 0 Å². The highest BCUT2D eigenvalue weighted by Gasteiger charge is 2.22. The SMILES string of the molecule is CC(C)C(CCl)NS(=O)(=O)CCC(C)(C)C. The highest BCUT2D eigenvalue weighted by Crippen LogP contribution is 2.19. The number of halogens is 1. The number of rotatable bonds is 6. The molecular weight excluding hydrogens is 246 g/mol. The summed E-state index contributed by atoms with van der Waals surface area (Å²) in [4.78, 5) is 0. The van der Waals surface area contributed by atoms with Crippen molar-refractivity contribution >= 4 is 21.6 Å². The lowest BCUT2D eigenvalue weighted by atomic mass is 9.94. The molecule has 0 spiro atoms. The van der Waals surface area contributed by atoms with Crippen molar-refractivity contribution in [2.75, 3.05) is 11.6 Å². The third-order valence-electron chi connectivity index (χ3n) is 2.42. The van der Waals surface area contributed by atoms with Gasteiger partial charge in [-0.25, -0.2) is 13.1 Å². The van der Waals surface area contributed by atoms with Gasteiger partial charge in [0.1, 0.15) is 0 Å². The topological polar surface area (TPSA) is 46.2 Å². The van der Waals surface area contributed by atoms with Crippen molar-refractivity contribution in [2.24, 2.45) is 11.3 Å². The average molecular weight is 270 g/mol. The second kappa shape index (κ2) is 6.22. The van der Waals surface area contributed by atoms with E-state index in [0.717, 1.165) is 0 Å². The van der Waals surface area contributed by atoms with Crippen LogP contribution in [0.15, 0.2) is 0 Å². The standard InChI is InChI=1S/C11H24ClNO2S/c1-9(2)10(8-12)13-16(14,15)7-6-11(3,4)5/h9-10,13H,6-8H2,1-5H3. The fourth-order valence-corrected chi connectivity index (χ4v) is 3.42. The quantitative estimate of drug-likeness (QED) is 0.754. The fraction of sp³-hybridized carbons (Fsp3) is 1.00. The molecule has 0 saturated carbocycles. The minimum absolute atomic E-state index is 0.0308. The first-order valence-corrected chi connectivity index (χ1v) is 7.82. The molecule has 0 saturated heterocycles. The predicted octanol–water partition coefficient (Wildman–Crippen LogP) is 2.61. The maximum Gasteiger partial charge on any atom is 0.211 e. The summed E-state index contributed by atoms with van der Waals surface area (Å²) in [5, 5.41) is 0. The fourth-order valence-electron chi connectivity index (χ4n) is 1.08. The van der Waals surface area contributed by atoms with Gasteiger partial charge in [0.15, 0.2) is 0 Å². The van der Waals surface area contributed by atoms with Crippen molar-refractivity contribution in [3.63, 3.8) is 0 Å². The van der Waals surface area contributed by atoms with Crippen LogP contribution < -0.4 is 4.72 Å². The first-order chi connectivity index (χ1) is 7.07. The molecular formula is C11H24ClNO2S. The van der Waals surface area contributed by atoms with Gasteiger partial charge in [-0.2, -0.15) is 0 Å². The van der Waals surface area contributed by atoms with E-state index in [0.29, 0.717) is 12.3 Å². The van der Waals surface area contributed by atoms with Gasteiger partial charge in [-0.1, -0.05) is 34.6 Å². The Bertz CT molecular complexity index is 294. The van der Waals surface area contributed by atoms with Gasteiger partial charge in [-0.05, 0) is 17.8 Å². The van der Waals surface area contributed by atoms with Crippen LogP contribution in [0, 0.1) is 11.3 Å². The molecule has 5 heteroatoms. The molecule has 0 aromatic heterocycles. The summed E-state index contributed by atoms with van der Waals surface area (Å²) in [7, 11) is -3.21. The van der Waals surface area contributed by atoms with E-state index in [9.17, 15) is 8.42 Å². The summed E-state index contributed by atoms with van der Waals surface area (Å²) >= 11 is 5.73. The first kappa shape index (κ1) is 16.2. The van der Waals surface area contributed by atoms with Crippen molar-refractivity contribution in [1.82, 2.24) is 4.72 Å². The van der Waals surface area contributed by atoms with Gasteiger partial charge in [-0.3, -0.25) is 0 Å². The third kappa shape index (κ3) is 7.47. The van der Waals surface area contributed by atoms with E-state index in [2.05, 4.69) is 4.72 Å². The molecule has 0 aliphatic rings. The lowest BCUT2D eigenvalue weighted by molar-refractivity contribution is 0.394. The second-order valence-corrected chi connectivity index (χ2v) is 7.93. The molecule has 0 fully saturated rings. The largest absolute Gasteiger partial charge is 0.212 e. The zero-order valence-electron chi connectivity index (χ0n) is 10.9. The Morgan fingerprint density at radius 1 is 1.25 bits per heavy atom. The van der Waals surface area contributed by atoms with Gasteiger partial charge in [0.2, 0.25) is 10.0 Å². The molecule has 1 N–H and O–H groups in total. The van der Waals surface area contributed by atoms with E-state index >= 15 is 0 Å². The van der Waals surface area contributed by atoms with Gasteiger partial charge in [0.05, 0.1) is 5.75 Å². The Morgan fingerprint density at radius 3 is 2.06 bits per heavy atom. The maximum atomic E-state index is 11.8. The van der Waals surface area contributed by atoms with Crippen LogP contribution in [0.1, 0.15) is 41.0 Å². The molecule has 0 radical (unpaired) electrons. The molecule has 1 unspecified atom stereocenters. The number of hydrogen-bond acceptors (Lipinski definition) is 2. The van der Waals surface area contributed by atoms with Crippen molar-refractivity contribution < 1.29 is 8.42 Å². The van der Waals surface area contributed by atoms with Crippen molar-refractivity contribution in [3.05, 3.63) is 0 Å². The van der Waals surface area contributed by atoms with Gasteiger partial charge < -0.3 is 0 Å². The molecule has 1 atom stereocenters. The van der Waals surface area contributed by atoms with E-state index in [1.807, 2.05) is 34.6 Å². The Labute approximate surface area is 105 Å². The Morgan fingerprint density at radius 2 is 1.75 bits per heavy atom. The third-order valence-corrected chi connectivity index (χ3v) is 4.16. The number of nitrogens with one attached hydrogen (secondary N) is 1. The number of hydrogen-bond donors (Lipinski definition) is 1. The molecule has 0 amide bonds. The Hall–Kier alpha value is 0.200. The highest BCUT2D eigenvalue weighted by molar-refractivity contribution is 7.89. The monoisotopic (exact) mass is 269 g/mol. The Kier molecular flexibility index (Phi) is 6.30. The van der Waals surface area contributed by atoms with Crippen LogP contribution in [0.3, 0.4) is 0 Å². The number of sulfonamides is 1. The lowest BCUT2D eigenvalue weighted by Crippen LogP contribution is -2.41. The lowest BCUT2D eigenvalue weighted by Gasteiger charge is -2.22. The minimum atomic E-state index is -3.21. The molecule has 0 aromatic rings. The molecule has 0 bridgehead atoms. The van der Waals surface area contributed by atoms with E-state index in [1.54, 1.807) is 0 Å². The van der Waals surface area contributed by atoms with E-state index < -0.39 is 10.0 Å². The maximum absolute atomic E-state index is 11.8. The van der Waals surface area contributed by atoms with E-state index in [4.69, 9.17) is 11.6 Å². The summed E-state index contributed by atoms with van der Waals surface area (Å²) in [5.74, 6) is 0.685. The van der Waals surface area contributed by atoms with Crippen LogP contribution in [0.4, 0.5) is 0 Å². The van der Waals surface area contributed by atoms with Crippen LogP contribution in [-0.2, 0) is 10.0 Å². The van der Waals surface area contributed by atoms with Gasteiger partial charge >= 0.3 is 0 Å². The molecule has 98 valence electrons. The smallest absolute Gasteiger partial charge is 0.211 e. The van der Waals surface area contributed by atoms with E-state index in [1.165, 1.54) is 0 Å². The van der Waals surface area contributed by atoms with Crippen molar-refractivity contribution in [2.45, 2.75) is 47.1 Å². The molecule has 0 rings (SSSR count).